The Morgan fingerprint density at radius 1 is 0.923 bits per heavy atom. The monoisotopic (exact) mass is 353 g/mol. The highest BCUT2D eigenvalue weighted by molar-refractivity contribution is 5.82. The minimum Gasteiger partial charge on any atom is -0.494 e. The highest BCUT2D eigenvalue weighted by Gasteiger charge is 2.04. The molecule has 0 spiro atoms. The highest BCUT2D eigenvalue weighted by Crippen LogP contribution is 2.19. The summed E-state index contributed by atoms with van der Waals surface area (Å²) in [5.74, 6) is 1.24. The zero-order chi connectivity index (χ0) is 18.6. The minimum atomic E-state index is -0.174. The molecule has 0 unspecified atom stereocenters. The van der Waals surface area contributed by atoms with E-state index in [2.05, 4.69) is 11.9 Å². The molecule has 0 aromatic heterocycles. The zero-order valence-corrected chi connectivity index (χ0v) is 15.6. The maximum Gasteiger partial charge on any atom is 0.311 e. The Morgan fingerprint density at radius 2 is 1.62 bits per heavy atom. The van der Waals surface area contributed by atoms with Crippen molar-refractivity contribution in [3.05, 3.63) is 54.1 Å². The number of rotatable bonds is 10. The van der Waals surface area contributed by atoms with E-state index in [1.807, 2.05) is 43.3 Å². The molecule has 0 amide bonds. The number of ether oxygens (including phenoxy) is 2. The smallest absolute Gasteiger partial charge is 0.311 e. The average molecular weight is 353 g/mol. The van der Waals surface area contributed by atoms with E-state index < -0.39 is 0 Å². The quantitative estimate of drug-likeness (QED) is 0.238. The summed E-state index contributed by atoms with van der Waals surface area (Å²) in [6.45, 7) is 4.77. The van der Waals surface area contributed by atoms with Crippen LogP contribution in [0.4, 0.5) is 5.69 Å². The summed E-state index contributed by atoms with van der Waals surface area (Å²) in [4.78, 5) is 16.2. The third kappa shape index (κ3) is 7.09. The van der Waals surface area contributed by atoms with Crippen LogP contribution in [0, 0.1) is 0 Å². The van der Waals surface area contributed by atoms with Crippen molar-refractivity contribution < 1.29 is 14.3 Å². The summed E-state index contributed by atoms with van der Waals surface area (Å²) < 4.78 is 10.8. The van der Waals surface area contributed by atoms with Gasteiger partial charge in [0, 0.05) is 12.6 Å². The van der Waals surface area contributed by atoms with E-state index in [0.29, 0.717) is 18.8 Å². The van der Waals surface area contributed by atoms with E-state index >= 15 is 0 Å². The summed E-state index contributed by atoms with van der Waals surface area (Å²) >= 11 is 0. The molecule has 4 nitrogen and oxygen atoms in total. The van der Waals surface area contributed by atoms with Gasteiger partial charge in [-0.15, -0.1) is 0 Å². The molecule has 0 heterocycles. The molecule has 0 bridgehead atoms. The highest BCUT2D eigenvalue weighted by atomic mass is 16.5. The number of aliphatic imine (C=N–C) groups is 1. The molecule has 0 aliphatic carbocycles. The topological polar surface area (TPSA) is 47.9 Å². The molecule has 0 aliphatic rings. The first-order valence-electron chi connectivity index (χ1n) is 9.29. The molecule has 138 valence electrons. The second-order valence-electron chi connectivity index (χ2n) is 6.04. The maximum absolute atomic E-state index is 11.8. The normalized spacial score (nSPS) is 10.8. The fourth-order valence-electron chi connectivity index (χ4n) is 2.44. The van der Waals surface area contributed by atoms with Crippen LogP contribution in [0.1, 0.15) is 51.5 Å². The molecular weight excluding hydrogens is 326 g/mol. The molecule has 2 rings (SSSR count). The van der Waals surface area contributed by atoms with Gasteiger partial charge in [-0.25, -0.2) is 0 Å². The number of hydrogen-bond acceptors (Lipinski definition) is 4. The Kier molecular flexibility index (Phi) is 8.40. The van der Waals surface area contributed by atoms with E-state index in [1.54, 1.807) is 18.3 Å². The van der Waals surface area contributed by atoms with Crippen LogP contribution in [0.5, 0.6) is 11.5 Å². The van der Waals surface area contributed by atoms with Crippen molar-refractivity contribution in [2.24, 2.45) is 4.99 Å². The van der Waals surface area contributed by atoms with Gasteiger partial charge in [-0.05, 0) is 67.4 Å². The van der Waals surface area contributed by atoms with Crippen LogP contribution in [-0.2, 0) is 4.79 Å². The van der Waals surface area contributed by atoms with Gasteiger partial charge >= 0.3 is 5.97 Å². The maximum atomic E-state index is 11.8. The number of benzene rings is 2. The van der Waals surface area contributed by atoms with Gasteiger partial charge in [-0.1, -0.05) is 26.2 Å². The van der Waals surface area contributed by atoms with E-state index in [9.17, 15) is 4.79 Å². The fraction of sp³-hybridized carbons (Fsp3) is 0.364. The van der Waals surface area contributed by atoms with Gasteiger partial charge < -0.3 is 9.47 Å². The number of carbonyl (C=O) groups excluding carboxylic acids is 1. The molecule has 2 aromatic rings. The molecule has 4 heteroatoms. The number of esters is 1. The van der Waals surface area contributed by atoms with Crippen molar-refractivity contribution in [3.63, 3.8) is 0 Å². The van der Waals surface area contributed by atoms with Crippen molar-refractivity contribution in [1.82, 2.24) is 0 Å². The molecule has 0 saturated heterocycles. The summed E-state index contributed by atoms with van der Waals surface area (Å²) in [6.07, 6.45) is 6.55. The van der Waals surface area contributed by atoms with Gasteiger partial charge in [-0.2, -0.15) is 0 Å². The van der Waals surface area contributed by atoms with E-state index in [0.717, 1.165) is 42.7 Å². The molecule has 0 fully saturated rings. The Bertz CT molecular complexity index is 690. The lowest BCUT2D eigenvalue weighted by atomic mass is 10.1. The van der Waals surface area contributed by atoms with E-state index in [1.165, 1.54) is 0 Å². The lowest BCUT2D eigenvalue weighted by Crippen LogP contribution is -2.07. The van der Waals surface area contributed by atoms with Crippen molar-refractivity contribution in [2.45, 2.75) is 46.0 Å². The van der Waals surface area contributed by atoms with Crippen LogP contribution in [0.3, 0.4) is 0 Å². The summed E-state index contributed by atoms with van der Waals surface area (Å²) in [7, 11) is 0. The molecule has 2 aromatic carbocycles. The number of nitrogens with zero attached hydrogens (tertiary/aromatic N) is 1. The predicted octanol–water partition coefficient (Wildman–Crippen LogP) is 5.71. The van der Waals surface area contributed by atoms with Gasteiger partial charge in [0.2, 0.25) is 0 Å². The van der Waals surface area contributed by atoms with Crippen LogP contribution < -0.4 is 9.47 Å². The molecule has 0 saturated carbocycles. The van der Waals surface area contributed by atoms with Crippen molar-refractivity contribution in [3.8, 4) is 11.5 Å². The third-order valence-corrected chi connectivity index (χ3v) is 3.86. The Morgan fingerprint density at radius 3 is 2.27 bits per heavy atom. The van der Waals surface area contributed by atoms with Crippen molar-refractivity contribution in [1.29, 1.82) is 0 Å². The van der Waals surface area contributed by atoms with Crippen LogP contribution in [0.25, 0.3) is 0 Å². The van der Waals surface area contributed by atoms with Crippen molar-refractivity contribution in [2.75, 3.05) is 6.61 Å². The fourth-order valence-corrected chi connectivity index (χ4v) is 2.44. The first-order chi connectivity index (χ1) is 12.7. The predicted molar refractivity (Wildman–Crippen MR) is 106 cm³/mol. The van der Waals surface area contributed by atoms with Crippen LogP contribution in [0.15, 0.2) is 53.5 Å². The molecule has 0 aliphatic heterocycles. The first kappa shape index (κ1) is 19.7. The summed E-state index contributed by atoms with van der Waals surface area (Å²) in [5.41, 5.74) is 1.80. The lowest BCUT2D eigenvalue weighted by molar-refractivity contribution is -0.134. The van der Waals surface area contributed by atoms with Crippen molar-refractivity contribution >= 4 is 17.9 Å². The largest absolute Gasteiger partial charge is 0.494 e. The van der Waals surface area contributed by atoms with E-state index in [4.69, 9.17) is 9.47 Å². The molecule has 0 radical (unpaired) electrons. The Labute approximate surface area is 155 Å². The Balaban J connectivity index is 1.83. The SMILES string of the molecule is CCCCCCC(=O)Oc1ccc(N=Cc2ccc(OCC)cc2)cc1. The number of carbonyl (C=O) groups is 1. The van der Waals surface area contributed by atoms with Gasteiger partial charge in [-0.3, -0.25) is 9.79 Å². The van der Waals surface area contributed by atoms with Crippen LogP contribution >= 0.6 is 0 Å². The molecule has 0 atom stereocenters. The average Bonchev–Trinajstić information content (AvgIpc) is 2.66. The van der Waals surface area contributed by atoms with E-state index in [-0.39, 0.29) is 5.97 Å². The lowest BCUT2D eigenvalue weighted by Gasteiger charge is -2.04. The van der Waals surface area contributed by atoms with Gasteiger partial charge in [0.15, 0.2) is 0 Å². The molecular formula is C22H27NO3. The van der Waals surface area contributed by atoms with Crippen LogP contribution in [0.2, 0.25) is 0 Å². The third-order valence-electron chi connectivity index (χ3n) is 3.86. The second-order valence-corrected chi connectivity index (χ2v) is 6.04. The summed E-state index contributed by atoms with van der Waals surface area (Å²) in [5, 5.41) is 0. The van der Waals surface area contributed by atoms with Crippen LogP contribution in [-0.4, -0.2) is 18.8 Å². The molecule has 0 N–H and O–H groups in total. The van der Waals surface area contributed by atoms with Gasteiger partial charge in [0.05, 0.1) is 12.3 Å². The minimum absolute atomic E-state index is 0.174. The standard InChI is InChI=1S/C22H27NO3/c1-3-5-6-7-8-22(24)26-21-15-11-19(12-16-21)23-17-18-9-13-20(14-10-18)25-4-2/h9-17H,3-8H2,1-2H3. The summed E-state index contributed by atoms with van der Waals surface area (Å²) in [6, 6.07) is 15.0. The first-order valence-corrected chi connectivity index (χ1v) is 9.29. The Hall–Kier alpha value is -2.62. The van der Waals surface area contributed by atoms with Gasteiger partial charge in [0.1, 0.15) is 11.5 Å². The molecule has 26 heavy (non-hydrogen) atoms. The number of hydrogen-bond donors (Lipinski definition) is 0. The number of unbranched alkanes of at least 4 members (excludes halogenated alkanes) is 3. The second kappa shape index (κ2) is 11.1. The van der Waals surface area contributed by atoms with Gasteiger partial charge in [0.25, 0.3) is 0 Å². The zero-order valence-electron chi connectivity index (χ0n) is 15.6.